The lowest BCUT2D eigenvalue weighted by molar-refractivity contribution is 0.355. The molecule has 1 aromatic rings. The molecule has 2 atom stereocenters. The van der Waals surface area contributed by atoms with Gasteiger partial charge in [-0.2, -0.15) is 0 Å². The SMILES string of the molecule is C=CC1(CCC)CCC(c2ccc(Br)cc2)C1. The summed E-state index contributed by atoms with van der Waals surface area (Å²) in [7, 11) is 0. The Bertz CT molecular complexity index is 379. The summed E-state index contributed by atoms with van der Waals surface area (Å²) in [6.07, 6.45) is 8.68. The van der Waals surface area contributed by atoms with E-state index in [1.807, 2.05) is 0 Å². The molecule has 0 amide bonds. The Hall–Kier alpha value is -0.560. The number of hydrogen-bond donors (Lipinski definition) is 0. The van der Waals surface area contributed by atoms with Crippen molar-refractivity contribution < 1.29 is 0 Å². The van der Waals surface area contributed by atoms with Crippen molar-refractivity contribution in [2.75, 3.05) is 0 Å². The van der Waals surface area contributed by atoms with Crippen LogP contribution in [0.2, 0.25) is 0 Å². The summed E-state index contributed by atoms with van der Waals surface area (Å²) < 4.78 is 1.17. The Morgan fingerprint density at radius 2 is 2.12 bits per heavy atom. The molecule has 17 heavy (non-hydrogen) atoms. The molecule has 0 aliphatic heterocycles. The lowest BCUT2D eigenvalue weighted by Gasteiger charge is -2.24. The first-order valence-electron chi connectivity index (χ1n) is 6.58. The first kappa shape index (κ1) is 12.9. The summed E-state index contributed by atoms with van der Waals surface area (Å²) in [6, 6.07) is 8.84. The molecule has 0 N–H and O–H groups in total. The Morgan fingerprint density at radius 3 is 2.71 bits per heavy atom. The van der Waals surface area contributed by atoms with Crippen LogP contribution in [0.5, 0.6) is 0 Å². The Labute approximate surface area is 113 Å². The van der Waals surface area contributed by atoms with Crippen molar-refractivity contribution in [2.24, 2.45) is 5.41 Å². The first-order valence-corrected chi connectivity index (χ1v) is 7.37. The number of halogens is 1. The molecule has 0 bridgehead atoms. The summed E-state index contributed by atoms with van der Waals surface area (Å²) in [5.41, 5.74) is 1.90. The average molecular weight is 293 g/mol. The predicted molar refractivity (Wildman–Crippen MR) is 78.3 cm³/mol. The van der Waals surface area contributed by atoms with E-state index in [-0.39, 0.29) is 0 Å². The monoisotopic (exact) mass is 292 g/mol. The molecule has 1 heteroatoms. The predicted octanol–water partition coefficient (Wildman–Crippen LogP) is 5.69. The van der Waals surface area contributed by atoms with E-state index in [0.29, 0.717) is 5.41 Å². The summed E-state index contributed by atoms with van der Waals surface area (Å²) >= 11 is 3.50. The summed E-state index contributed by atoms with van der Waals surface area (Å²) in [4.78, 5) is 0. The van der Waals surface area contributed by atoms with Gasteiger partial charge in [-0.15, -0.1) is 6.58 Å². The van der Waals surface area contributed by atoms with Crippen LogP contribution in [0.15, 0.2) is 41.4 Å². The molecule has 2 unspecified atom stereocenters. The first-order chi connectivity index (χ1) is 8.19. The molecule has 0 heterocycles. The average Bonchev–Trinajstić information content (AvgIpc) is 2.76. The zero-order valence-electron chi connectivity index (χ0n) is 10.6. The van der Waals surface area contributed by atoms with Gasteiger partial charge in [-0.1, -0.05) is 47.5 Å². The van der Waals surface area contributed by atoms with Gasteiger partial charge in [0.1, 0.15) is 0 Å². The summed E-state index contributed by atoms with van der Waals surface area (Å²) in [5, 5.41) is 0. The van der Waals surface area contributed by atoms with E-state index < -0.39 is 0 Å². The summed E-state index contributed by atoms with van der Waals surface area (Å²) in [5.74, 6) is 0.729. The Kier molecular flexibility index (Phi) is 4.09. The highest BCUT2D eigenvalue weighted by atomic mass is 79.9. The fourth-order valence-electron chi connectivity index (χ4n) is 3.19. The van der Waals surface area contributed by atoms with Crippen molar-refractivity contribution in [3.63, 3.8) is 0 Å². The normalized spacial score (nSPS) is 28.2. The Balaban J connectivity index is 2.11. The molecule has 0 nitrogen and oxygen atoms in total. The van der Waals surface area contributed by atoms with Crippen LogP contribution >= 0.6 is 15.9 Å². The number of benzene rings is 1. The molecular formula is C16H21Br. The minimum Gasteiger partial charge on any atom is -0.103 e. The molecule has 1 aliphatic rings. The molecule has 0 radical (unpaired) electrons. The van der Waals surface area contributed by atoms with Gasteiger partial charge >= 0.3 is 0 Å². The van der Waals surface area contributed by atoms with Crippen molar-refractivity contribution in [3.05, 3.63) is 47.0 Å². The fourth-order valence-corrected chi connectivity index (χ4v) is 3.45. The number of rotatable bonds is 4. The van der Waals surface area contributed by atoms with E-state index in [0.717, 1.165) is 5.92 Å². The van der Waals surface area contributed by atoms with Gasteiger partial charge in [0, 0.05) is 4.47 Å². The number of allylic oxidation sites excluding steroid dienone is 1. The lowest BCUT2D eigenvalue weighted by Crippen LogP contribution is -2.12. The van der Waals surface area contributed by atoms with Crippen LogP contribution in [-0.4, -0.2) is 0 Å². The zero-order chi connectivity index (χ0) is 12.3. The lowest BCUT2D eigenvalue weighted by atomic mass is 9.80. The second-order valence-corrected chi connectivity index (χ2v) is 6.22. The van der Waals surface area contributed by atoms with Crippen molar-refractivity contribution in [3.8, 4) is 0 Å². The van der Waals surface area contributed by atoms with Gasteiger partial charge in [0.05, 0.1) is 0 Å². The summed E-state index contributed by atoms with van der Waals surface area (Å²) in [6.45, 7) is 6.34. The maximum Gasteiger partial charge on any atom is 0.0175 e. The van der Waals surface area contributed by atoms with Crippen LogP contribution < -0.4 is 0 Å². The quantitative estimate of drug-likeness (QED) is 0.626. The van der Waals surface area contributed by atoms with Crippen LogP contribution in [0.1, 0.15) is 50.5 Å². The largest absolute Gasteiger partial charge is 0.103 e. The van der Waals surface area contributed by atoms with E-state index in [9.17, 15) is 0 Å². The maximum atomic E-state index is 4.07. The van der Waals surface area contributed by atoms with Gasteiger partial charge in [0.25, 0.3) is 0 Å². The van der Waals surface area contributed by atoms with Gasteiger partial charge in [-0.25, -0.2) is 0 Å². The highest BCUT2D eigenvalue weighted by Crippen LogP contribution is 2.50. The third-order valence-electron chi connectivity index (χ3n) is 4.17. The van der Waals surface area contributed by atoms with E-state index in [1.165, 1.54) is 42.1 Å². The van der Waals surface area contributed by atoms with Crippen LogP contribution in [-0.2, 0) is 0 Å². The van der Waals surface area contributed by atoms with Crippen LogP contribution in [0, 0.1) is 5.41 Å². The van der Waals surface area contributed by atoms with Crippen molar-refractivity contribution >= 4 is 15.9 Å². The molecule has 0 aromatic heterocycles. The number of hydrogen-bond acceptors (Lipinski definition) is 0. The molecule has 0 spiro atoms. The molecule has 1 fully saturated rings. The van der Waals surface area contributed by atoms with Gasteiger partial charge in [-0.3, -0.25) is 0 Å². The van der Waals surface area contributed by atoms with E-state index in [1.54, 1.807) is 0 Å². The molecule has 2 rings (SSSR count). The molecule has 0 saturated heterocycles. The third kappa shape index (κ3) is 2.82. The van der Waals surface area contributed by atoms with Crippen molar-refractivity contribution in [2.45, 2.75) is 44.9 Å². The molecule has 1 aromatic carbocycles. The van der Waals surface area contributed by atoms with Crippen LogP contribution in [0.3, 0.4) is 0 Å². The Morgan fingerprint density at radius 1 is 1.41 bits per heavy atom. The second-order valence-electron chi connectivity index (χ2n) is 5.31. The second kappa shape index (κ2) is 5.39. The van der Waals surface area contributed by atoms with Crippen LogP contribution in [0.4, 0.5) is 0 Å². The standard InChI is InChI=1S/C16H21Br/c1-3-10-16(4-2)11-9-14(12-16)13-5-7-15(17)8-6-13/h4-8,14H,2-3,9-12H2,1H3. The molecule has 92 valence electrons. The minimum atomic E-state index is 0.409. The van der Waals surface area contributed by atoms with Crippen molar-refractivity contribution in [1.82, 2.24) is 0 Å². The highest BCUT2D eigenvalue weighted by Gasteiger charge is 2.36. The smallest absolute Gasteiger partial charge is 0.0175 e. The van der Waals surface area contributed by atoms with Gasteiger partial charge in [-0.05, 0) is 54.7 Å². The molecular weight excluding hydrogens is 272 g/mol. The fraction of sp³-hybridized carbons (Fsp3) is 0.500. The molecule has 1 aliphatic carbocycles. The van der Waals surface area contributed by atoms with E-state index >= 15 is 0 Å². The van der Waals surface area contributed by atoms with Crippen molar-refractivity contribution in [1.29, 1.82) is 0 Å². The van der Waals surface area contributed by atoms with Crippen LogP contribution in [0.25, 0.3) is 0 Å². The highest BCUT2D eigenvalue weighted by molar-refractivity contribution is 9.10. The third-order valence-corrected chi connectivity index (χ3v) is 4.69. The van der Waals surface area contributed by atoms with Gasteiger partial charge < -0.3 is 0 Å². The maximum absolute atomic E-state index is 4.07. The van der Waals surface area contributed by atoms with E-state index in [2.05, 4.69) is 59.8 Å². The topological polar surface area (TPSA) is 0 Å². The minimum absolute atomic E-state index is 0.409. The van der Waals surface area contributed by atoms with Gasteiger partial charge in [0.15, 0.2) is 0 Å². The molecule has 1 saturated carbocycles. The van der Waals surface area contributed by atoms with E-state index in [4.69, 9.17) is 0 Å². The van der Waals surface area contributed by atoms with Gasteiger partial charge in [0.2, 0.25) is 0 Å². The zero-order valence-corrected chi connectivity index (χ0v) is 12.2.